The lowest BCUT2D eigenvalue weighted by Crippen LogP contribution is -2.14. The van der Waals surface area contributed by atoms with Crippen LogP contribution in [-0.4, -0.2) is 43.7 Å². The molecule has 1 amide bonds. The summed E-state index contributed by atoms with van der Waals surface area (Å²) in [7, 11) is 1.60. The molecule has 32 heavy (non-hydrogen) atoms. The minimum absolute atomic E-state index is 0.145. The highest BCUT2D eigenvalue weighted by Crippen LogP contribution is 2.36. The fraction of sp³-hybridized carbons (Fsp3) is 0.476. The molecule has 1 aliphatic carbocycles. The second kappa shape index (κ2) is 10.6. The summed E-state index contributed by atoms with van der Waals surface area (Å²) in [4.78, 5) is 12.5. The summed E-state index contributed by atoms with van der Waals surface area (Å²) >= 11 is 8.98. The standard InChI is InChI=1S/C21H25ClN6O2S2/c1-3-28-18(15-11-14(22)9-10-16(15)30-2)24-27-21(28)31-12-17(29)23-20-26-25-19(32-20)13-7-5-4-6-8-13/h9-11,13H,3-8,12H2,1-2H3,(H,23,26,29). The first-order valence-electron chi connectivity index (χ1n) is 10.6. The number of hydrogen-bond donors (Lipinski definition) is 1. The molecule has 1 aliphatic rings. The number of benzene rings is 1. The number of hydrogen-bond acceptors (Lipinski definition) is 8. The van der Waals surface area contributed by atoms with Gasteiger partial charge in [0, 0.05) is 17.5 Å². The van der Waals surface area contributed by atoms with E-state index >= 15 is 0 Å². The van der Waals surface area contributed by atoms with Crippen LogP contribution in [-0.2, 0) is 11.3 Å². The highest BCUT2D eigenvalue weighted by Gasteiger charge is 2.21. The van der Waals surface area contributed by atoms with Gasteiger partial charge in [-0.15, -0.1) is 20.4 Å². The van der Waals surface area contributed by atoms with Gasteiger partial charge in [-0.1, -0.05) is 54.0 Å². The molecule has 1 aromatic carbocycles. The first-order valence-corrected chi connectivity index (χ1v) is 12.8. The van der Waals surface area contributed by atoms with Crippen LogP contribution in [0.4, 0.5) is 5.13 Å². The number of halogens is 1. The monoisotopic (exact) mass is 492 g/mol. The zero-order valence-electron chi connectivity index (χ0n) is 18.0. The molecule has 1 N–H and O–H groups in total. The van der Waals surface area contributed by atoms with Crippen molar-refractivity contribution in [3.63, 3.8) is 0 Å². The molecular weight excluding hydrogens is 468 g/mol. The molecule has 8 nitrogen and oxygen atoms in total. The molecule has 0 saturated heterocycles. The van der Waals surface area contributed by atoms with Gasteiger partial charge in [0.25, 0.3) is 0 Å². The van der Waals surface area contributed by atoms with Crippen molar-refractivity contribution in [3.8, 4) is 17.1 Å². The average Bonchev–Trinajstić information content (AvgIpc) is 3.45. The lowest BCUT2D eigenvalue weighted by Gasteiger charge is -2.18. The van der Waals surface area contributed by atoms with Crippen LogP contribution in [0.1, 0.15) is 50.0 Å². The van der Waals surface area contributed by atoms with Crippen molar-refractivity contribution >= 4 is 45.7 Å². The Bertz CT molecular complexity index is 1080. The van der Waals surface area contributed by atoms with Crippen LogP contribution in [0.5, 0.6) is 5.75 Å². The lowest BCUT2D eigenvalue weighted by molar-refractivity contribution is -0.113. The molecule has 2 aromatic heterocycles. The number of rotatable bonds is 8. The van der Waals surface area contributed by atoms with Crippen LogP contribution in [0.15, 0.2) is 23.4 Å². The number of ether oxygens (including phenoxy) is 1. The summed E-state index contributed by atoms with van der Waals surface area (Å²) in [6, 6.07) is 5.37. The largest absolute Gasteiger partial charge is 0.496 e. The molecule has 2 heterocycles. The third kappa shape index (κ3) is 5.24. The SMILES string of the molecule is CCn1c(SCC(=O)Nc2nnc(C3CCCCC3)s2)nnc1-c1cc(Cl)ccc1OC. The fourth-order valence-electron chi connectivity index (χ4n) is 3.82. The molecule has 0 aliphatic heterocycles. The van der Waals surface area contributed by atoms with E-state index in [0.29, 0.717) is 39.3 Å². The van der Waals surface area contributed by atoms with Crippen LogP contribution in [0, 0.1) is 0 Å². The van der Waals surface area contributed by atoms with Crippen molar-refractivity contribution in [2.75, 3.05) is 18.2 Å². The van der Waals surface area contributed by atoms with Crippen molar-refractivity contribution in [2.45, 2.75) is 56.6 Å². The van der Waals surface area contributed by atoms with Crippen molar-refractivity contribution < 1.29 is 9.53 Å². The molecule has 0 atom stereocenters. The molecule has 0 radical (unpaired) electrons. The maximum Gasteiger partial charge on any atom is 0.236 e. The van der Waals surface area contributed by atoms with Gasteiger partial charge in [0.2, 0.25) is 11.0 Å². The van der Waals surface area contributed by atoms with Gasteiger partial charge in [-0.25, -0.2) is 0 Å². The van der Waals surface area contributed by atoms with Crippen LogP contribution in [0.2, 0.25) is 5.02 Å². The number of thioether (sulfide) groups is 1. The highest BCUT2D eigenvalue weighted by molar-refractivity contribution is 7.99. The molecule has 170 valence electrons. The van der Waals surface area contributed by atoms with E-state index < -0.39 is 0 Å². The average molecular weight is 493 g/mol. The number of anilines is 1. The normalized spacial score (nSPS) is 14.5. The minimum Gasteiger partial charge on any atom is -0.496 e. The number of carbonyl (C=O) groups is 1. The Morgan fingerprint density at radius 2 is 2.06 bits per heavy atom. The number of nitrogens with one attached hydrogen (secondary N) is 1. The smallest absolute Gasteiger partial charge is 0.236 e. The topological polar surface area (TPSA) is 94.8 Å². The Labute approximate surface area is 200 Å². The minimum atomic E-state index is -0.145. The van der Waals surface area contributed by atoms with Gasteiger partial charge in [0.15, 0.2) is 11.0 Å². The molecule has 1 saturated carbocycles. The maximum atomic E-state index is 12.5. The second-order valence-electron chi connectivity index (χ2n) is 7.51. The molecular formula is C21H25ClN6O2S2. The third-order valence-corrected chi connectivity index (χ3v) is 7.61. The van der Waals surface area contributed by atoms with E-state index in [-0.39, 0.29) is 11.7 Å². The molecule has 1 fully saturated rings. The van der Waals surface area contributed by atoms with Crippen LogP contribution < -0.4 is 10.1 Å². The van der Waals surface area contributed by atoms with Crippen LogP contribution in [0.25, 0.3) is 11.4 Å². The van der Waals surface area contributed by atoms with Gasteiger partial charge in [-0.3, -0.25) is 10.1 Å². The Morgan fingerprint density at radius 1 is 1.25 bits per heavy atom. The third-order valence-electron chi connectivity index (χ3n) is 5.41. The zero-order chi connectivity index (χ0) is 22.5. The summed E-state index contributed by atoms with van der Waals surface area (Å²) in [5, 5.41) is 22.7. The molecule has 0 unspecified atom stereocenters. The Hall–Kier alpha value is -2.17. The number of methoxy groups -OCH3 is 1. The molecule has 4 rings (SSSR count). The predicted octanol–water partition coefficient (Wildman–Crippen LogP) is 5.26. The maximum absolute atomic E-state index is 12.5. The van der Waals surface area contributed by atoms with E-state index in [1.807, 2.05) is 11.5 Å². The van der Waals surface area contributed by atoms with Gasteiger partial charge in [-0.2, -0.15) is 0 Å². The number of amides is 1. The summed E-state index contributed by atoms with van der Waals surface area (Å²) in [5.41, 5.74) is 0.759. The van der Waals surface area contributed by atoms with Crippen molar-refractivity contribution in [3.05, 3.63) is 28.2 Å². The van der Waals surface area contributed by atoms with Gasteiger partial charge >= 0.3 is 0 Å². The van der Waals surface area contributed by atoms with Crippen LogP contribution in [0.3, 0.4) is 0 Å². The van der Waals surface area contributed by atoms with E-state index in [1.165, 1.54) is 42.4 Å². The molecule has 11 heteroatoms. The van der Waals surface area contributed by atoms with Gasteiger partial charge in [0.05, 0.1) is 18.4 Å². The number of nitrogens with zero attached hydrogens (tertiary/aromatic N) is 5. The highest BCUT2D eigenvalue weighted by atomic mass is 35.5. The van der Waals surface area contributed by atoms with Crippen molar-refractivity contribution in [1.82, 2.24) is 25.0 Å². The summed E-state index contributed by atoms with van der Waals surface area (Å²) in [6.45, 7) is 2.64. The first kappa shape index (κ1) is 23.0. The van der Waals surface area contributed by atoms with Gasteiger partial charge in [0.1, 0.15) is 10.8 Å². The van der Waals surface area contributed by atoms with E-state index in [0.717, 1.165) is 23.4 Å². The molecule has 3 aromatic rings. The van der Waals surface area contributed by atoms with Gasteiger partial charge in [-0.05, 0) is 38.0 Å². The summed E-state index contributed by atoms with van der Waals surface area (Å²) < 4.78 is 7.39. The number of carbonyl (C=O) groups excluding carboxylic acids is 1. The van der Waals surface area contributed by atoms with Crippen LogP contribution >= 0.6 is 34.7 Å². The Kier molecular flexibility index (Phi) is 7.64. The fourth-order valence-corrected chi connectivity index (χ4v) is 5.72. The Balaban J connectivity index is 1.40. The van der Waals surface area contributed by atoms with E-state index in [4.69, 9.17) is 16.3 Å². The summed E-state index contributed by atoms with van der Waals surface area (Å²) in [6.07, 6.45) is 6.09. The number of aromatic nitrogens is 5. The quantitative estimate of drug-likeness (QED) is 0.428. The predicted molar refractivity (Wildman–Crippen MR) is 128 cm³/mol. The lowest BCUT2D eigenvalue weighted by atomic mass is 9.90. The van der Waals surface area contributed by atoms with E-state index in [9.17, 15) is 4.79 Å². The Morgan fingerprint density at radius 3 is 2.81 bits per heavy atom. The first-order chi connectivity index (χ1) is 15.6. The van der Waals surface area contributed by atoms with E-state index in [2.05, 4.69) is 25.7 Å². The molecule has 0 bridgehead atoms. The zero-order valence-corrected chi connectivity index (χ0v) is 20.4. The van der Waals surface area contributed by atoms with Crippen molar-refractivity contribution in [2.24, 2.45) is 0 Å². The van der Waals surface area contributed by atoms with Crippen molar-refractivity contribution in [1.29, 1.82) is 0 Å². The van der Waals surface area contributed by atoms with Gasteiger partial charge < -0.3 is 9.30 Å². The van der Waals surface area contributed by atoms with E-state index in [1.54, 1.807) is 25.3 Å². The summed E-state index contributed by atoms with van der Waals surface area (Å²) in [5.74, 6) is 1.84. The molecule has 0 spiro atoms. The second-order valence-corrected chi connectivity index (χ2v) is 9.90.